The molecular formula is C7H13FO4S. The van der Waals surface area contributed by atoms with Crippen molar-refractivity contribution in [2.45, 2.75) is 20.3 Å². The molecule has 0 bridgehead atoms. The third kappa shape index (κ3) is 4.21. The van der Waals surface area contributed by atoms with E-state index in [2.05, 4.69) is 0 Å². The van der Waals surface area contributed by atoms with Gasteiger partial charge in [0.05, 0.1) is 11.2 Å². The maximum absolute atomic E-state index is 11.8. The lowest BCUT2D eigenvalue weighted by atomic mass is 9.91. The second-order valence-electron chi connectivity index (χ2n) is 3.50. The minimum atomic E-state index is -3.72. The van der Waals surface area contributed by atoms with E-state index in [1.54, 1.807) is 0 Å². The van der Waals surface area contributed by atoms with Gasteiger partial charge in [-0.15, -0.1) is 0 Å². The van der Waals surface area contributed by atoms with Crippen LogP contribution in [-0.2, 0) is 14.6 Å². The van der Waals surface area contributed by atoms with Gasteiger partial charge in [0, 0.05) is 0 Å². The van der Waals surface area contributed by atoms with E-state index in [0.717, 1.165) is 0 Å². The lowest BCUT2D eigenvalue weighted by Gasteiger charge is -2.17. The van der Waals surface area contributed by atoms with E-state index in [1.165, 1.54) is 13.8 Å². The number of sulfone groups is 1. The van der Waals surface area contributed by atoms with Crippen molar-refractivity contribution in [2.75, 3.05) is 11.8 Å². The van der Waals surface area contributed by atoms with Crippen molar-refractivity contribution in [3.05, 3.63) is 0 Å². The van der Waals surface area contributed by atoms with Crippen molar-refractivity contribution < 1.29 is 22.7 Å². The molecule has 0 aliphatic rings. The SMILES string of the molecule is CC(C)(CCS(=O)(=O)CF)C(=O)O. The average Bonchev–Trinajstić information content (AvgIpc) is 2.01. The third-order valence-electron chi connectivity index (χ3n) is 1.78. The average molecular weight is 212 g/mol. The topological polar surface area (TPSA) is 71.4 Å². The summed E-state index contributed by atoms with van der Waals surface area (Å²) >= 11 is 0. The summed E-state index contributed by atoms with van der Waals surface area (Å²) < 4.78 is 33.2. The first-order valence-corrected chi connectivity index (χ1v) is 5.53. The Hall–Kier alpha value is -0.650. The fraction of sp³-hybridized carbons (Fsp3) is 0.857. The van der Waals surface area contributed by atoms with Gasteiger partial charge in [-0.1, -0.05) is 0 Å². The molecule has 0 atom stereocenters. The number of hydrogen-bond acceptors (Lipinski definition) is 3. The smallest absolute Gasteiger partial charge is 0.309 e. The van der Waals surface area contributed by atoms with E-state index in [4.69, 9.17) is 5.11 Å². The van der Waals surface area contributed by atoms with E-state index in [0.29, 0.717) is 0 Å². The summed E-state index contributed by atoms with van der Waals surface area (Å²) in [5.41, 5.74) is -1.12. The van der Waals surface area contributed by atoms with Crippen LogP contribution in [0.2, 0.25) is 0 Å². The van der Waals surface area contributed by atoms with Crippen LogP contribution in [0.25, 0.3) is 0 Å². The van der Waals surface area contributed by atoms with E-state index < -0.39 is 33.0 Å². The molecule has 0 saturated heterocycles. The Morgan fingerprint density at radius 3 is 2.23 bits per heavy atom. The van der Waals surface area contributed by atoms with E-state index in [1.807, 2.05) is 0 Å². The molecule has 0 aliphatic heterocycles. The summed E-state index contributed by atoms with van der Waals surface area (Å²) in [5, 5.41) is 8.62. The molecule has 0 radical (unpaired) electrons. The number of alkyl halides is 1. The molecule has 0 rings (SSSR count). The van der Waals surface area contributed by atoms with Crippen LogP contribution in [0.15, 0.2) is 0 Å². The van der Waals surface area contributed by atoms with Crippen molar-refractivity contribution in [3.8, 4) is 0 Å². The highest BCUT2D eigenvalue weighted by atomic mass is 32.2. The monoisotopic (exact) mass is 212 g/mol. The molecule has 0 aliphatic carbocycles. The summed E-state index contributed by atoms with van der Waals surface area (Å²) in [4.78, 5) is 10.5. The van der Waals surface area contributed by atoms with Crippen molar-refractivity contribution in [1.29, 1.82) is 0 Å². The van der Waals surface area contributed by atoms with Crippen molar-refractivity contribution in [3.63, 3.8) is 0 Å². The first-order chi connectivity index (χ1) is 5.71. The molecule has 0 aromatic rings. The molecular weight excluding hydrogens is 199 g/mol. The molecule has 0 amide bonds. The van der Waals surface area contributed by atoms with Crippen LogP contribution in [0.5, 0.6) is 0 Å². The van der Waals surface area contributed by atoms with E-state index in [-0.39, 0.29) is 6.42 Å². The van der Waals surface area contributed by atoms with Crippen molar-refractivity contribution in [2.24, 2.45) is 5.41 Å². The molecule has 0 fully saturated rings. The molecule has 0 heterocycles. The second-order valence-corrected chi connectivity index (χ2v) is 5.61. The zero-order valence-corrected chi connectivity index (χ0v) is 8.40. The Morgan fingerprint density at radius 2 is 1.92 bits per heavy atom. The zero-order chi connectivity index (χ0) is 10.7. The predicted molar refractivity (Wildman–Crippen MR) is 45.8 cm³/mol. The first kappa shape index (κ1) is 12.3. The third-order valence-corrected chi connectivity index (χ3v) is 2.94. The molecule has 0 aromatic carbocycles. The van der Waals surface area contributed by atoms with Crippen molar-refractivity contribution in [1.82, 2.24) is 0 Å². The van der Waals surface area contributed by atoms with Crippen molar-refractivity contribution >= 4 is 15.8 Å². The molecule has 13 heavy (non-hydrogen) atoms. The van der Waals surface area contributed by atoms with Gasteiger partial charge >= 0.3 is 5.97 Å². The summed E-state index contributed by atoms with van der Waals surface area (Å²) in [7, 11) is -3.72. The largest absolute Gasteiger partial charge is 0.481 e. The van der Waals surface area contributed by atoms with Gasteiger partial charge in [0.25, 0.3) is 0 Å². The van der Waals surface area contributed by atoms with Gasteiger partial charge in [0.15, 0.2) is 15.8 Å². The Bertz CT molecular complexity index is 281. The predicted octanol–water partition coefficient (Wildman–Crippen LogP) is 0.829. The molecule has 6 heteroatoms. The fourth-order valence-electron chi connectivity index (χ4n) is 0.572. The van der Waals surface area contributed by atoms with Gasteiger partial charge < -0.3 is 5.11 Å². The van der Waals surface area contributed by atoms with Crippen LogP contribution < -0.4 is 0 Å². The lowest BCUT2D eigenvalue weighted by molar-refractivity contribution is -0.146. The highest BCUT2D eigenvalue weighted by Gasteiger charge is 2.28. The van der Waals surface area contributed by atoms with Crippen LogP contribution in [0.3, 0.4) is 0 Å². The van der Waals surface area contributed by atoms with Gasteiger partial charge in [-0.3, -0.25) is 4.79 Å². The number of carbonyl (C=O) groups is 1. The normalized spacial score (nSPS) is 12.8. The van der Waals surface area contributed by atoms with Crippen LogP contribution >= 0.6 is 0 Å². The van der Waals surface area contributed by atoms with Crippen LogP contribution in [0, 0.1) is 5.41 Å². The highest BCUT2D eigenvalue weighted by Crippen LogP contribution is 2.21. The second kappa shape index (κ2) is 4.04. The maximum atomic E-state index is 11.8. The van der Waals surface area contributed by atoms with E-state index in [9.17, 15) is 17.6 Å². The number of aliphatic carboxylic acids is 1. The Morgan fingerprint density at radius 1 is 1.46 bits per heavy atom. The minimum absolute atomic E-state index is 0.0748. The summed E-state index contributed by atoms with van der Waals surface area (Å²) in [6, 6.07) is -1.43. The first-order valence-electron chi connectivity index (χ1n) is 3.71. The molecule has 1 N–H and O–H groups in total. The van der Waals surface area contributed by atoms with Crippen LogP contribution in [-0.4, -0.2) is 31.3 Å². The summed E-state index contributed by atoms with van der Waals surface area (Å²) in [6.45, 7) is 2.81. The van der Waals surface area contributed by atoms with E-state index >= 15 is 0 Å². The summed E-state index contributed by atoms with van der Waals surface area (Å²) in [5.74, 6) is -1.51. The number of rotatable bonds is 5. The quantitative estimate of drug-likeness (QED) is 0.732. The standard InChI is InChI=1S/C7H13FO4S/c1-7(2,6(9)10)3-4-13(11,12)5-8/h3-5H2,1-2H3,(H,9,10). The molecule has 0 saturated carbocycles. The lowest BCUT2D eigenvalue weighted by Crippen LogP contribution is -2.27. The van der Waals surface area contributed by atoms with Crippen LogP contribution in [0.1, 0.15) is 20.3 Å². The molecule has 4 nitrogen and oxygen atoms in total. The number of halogens is 1. The molecule has 78 valence electrons. The number of carboxylic acids is 1. The zero-order valence-electron chi connectivity index (χ0n) is 7.58. The van der Waals surface area contributed by atoms with Gasteiger partial charge in [-0.05, 0) is 20.3 Å². The highest BCUT2D eigenvalue weighted by molar-refractivity contribution is 7.91. The van der Waals surface area contributed by atoms with Crippen LogP contribution in [0.4, 0.5) is 4.39 Å². The maximum Gasteiger partial charge on any atom is 0.309 e. The Labute approximate surface area is 76.7 Å². The Kier molecular flexibility index (Phi) is 3.84. The summed E-state index contributed by atoms with van der Waals surface area (Å²) in [6.07, 6.45) is -0.0748. The van der Waals surface area contributed by atoms with Gasteiger partial charge in [-0.2, -0.15) is 0 Å². The minimum Gasteiger partial charge on any atom is -0.481 e. The fourth-order valence-corrected chi connectivity index (χ4v) is 1.50. The van der Waals surface area contributed by atoms with Gasteiger partial charge in [0.2, 0.25) is 0 Å². The number of hydrogen-bond donors (Lipinski definition) is 1. The molecule has 0 spiro atoms. The van der Waals surface area contributed by atoms with Gasteiger partial charge in [0.1, 0.15) is 0 Å². The number of carboxylic acid groups (broad SMARTS) is 1. The Balaban J connectivity index is 4.26. The molecule has 0 unspecified atom stereocenters. The molecule has 0 aromatic heterocycles. The van der Waals surface area contributed by atoms with Gasteiger partial charge in [-0.25, -0.2) is 12.8 Å².